The minimum absolute atomic E-state index is 0.0784. The van der Waals surface area contributed by atoms with Crippen molar-refractivity contribution >= 4 is 17.7 Å². The molecule has 14 heavy (non-hydrogen) atoms. The molecule has 2 heterocycles. The molecule has 2 aliphatic heterocycles. The lowest BCUT2D eigenvalue weighted by Crippen LogP contribution is -2.65. The van der Waals surface area contributed by atoms with Gasteiger partial charge in [-0.2, -0.15) is 0 Å². The van der Waals surface area contributed by atoms with E-state index in [9.17, 15) is 4.79 Å². The molecule has 2 saturated heterocycles. The molecule has 1 amide bonds. The number of nitrogens with zero attached hydrogens (tertiary/aromatic N) is 1. The van der Waals surface area contributed by atoms with Gasteiger partial charge in [-0.1, -0.05) is 13.8 Å². The predicted molar refractivity (Wildman–Crippen MR) is 59.2 cm³/mol. The monoisotopic (exact) mass is 214 g/mol. The third-order valence-corrected chi connectivity index (χ3v) is 5.01. The summed E-state index contributed by atoms with van der Waals surface area (Å²) < 4.78 is 0. The van der Waals surface area contributed by atoms with Crippen molar-refractivity contribution in [3.05, 3.63) is 0 Å². The van der Waals surface area contributed by atoms with Crippen molar-refractivity contribution in [2.24, 2.45) is 5.92 Å². The smallest absolute Gasteiger partial charge is 0.233 e. The zero-order chi connectivity index (χ0) is 10.3. The topological polar surface area (TPSA) is 32.3 Å². The molecule has 2 atom stereocenters. The van der Waals surface area contributed by atoms with Crippen molar-refractivity contribution in [2.75, 3.05) is 18.8 Å². The number of amides is 1. The summed E-state index contributed by atoms with van der Waals surface area (Å²) in [6, 6.07) is 0. The summed E-state index contributed by atoms with van der Waals surface area (Å²) in [5.41, 5.74) is 0.0784. The summed E-state index contributed by atoms with van der Waals surface area (Å²) in [7, 11) is 0. The van der Waals surface area contributed by atoms with Crippen molar-refractivity contribution in [1.29, 1.82) is 0 Å². The standard InChI is InChI=1S/C10H18N2OS/c1-7(2)10(3)9-12(5-4-11-10)8(13)6-14-9/h7,9,11H,4-6H2,1-3H3. The highest BCUT2D eigenvalue weighted by molar-refractivity contribution is 8.01. The summed E-state index contributed by atoms with van der Waals surface area (Å²) in [5.74, 6) is 1.52. The van der Waals surface area contributed by atoms with Crippen molar-refractivity contribution in [3.8, 4) is 0 Å². The Balaban J connectivity index is 2.24. The van der Waals surface area contributed by atoms with E-state index in [0.29, 0.717) is 23.0 Å². The normalized spacial score (nSPS) is 37.9. The Morgan fingerprint density at radius 1 is 1.64 bits per heavy atom. The molecule has 0 aromatic heterocycles. The second kappa shape index (κ2) is 3.42. The molecule has 2 unspecified atom stereocenters. The molecule has 2 fully saturated rings. The van der Waals surface area contributed by atoms with Crippen LogP contribution in [0.15, 0.2) is 0 Å². The Morgan fingerprint density at radius 2 is 2.36 bits per heavy atom. The number of thioether (sulfide) groups is 1. The van der Waals surface area contributed by atoms with Crippen LogP contribution in [0.3, 0.4) is 0 Å². The highest BCUT2D eigenvalue weighted by atomic mass is 32.2. The molecular formula is C10H18N2OS. The van der Waals surface area contributed by atoms with Gasteiger partial charge in [0.15, 0.2) is 0 Å². The number of rotatable bonds is 1. The first-order chi connectivity index (χ1) is 6.55. The lowest BCUT2D eigenvalue weighted by Gasteiger charge is -2.47. The quantitative estimate of drug-likeness (QED) is 0.704. The van der Waals surface area contributed by atoms with E-state index in [0.717, 1.165) is 13.1 Å². The first-order valence-corrected chi connectivity index (χ1v) is 6.26. The third kappa shape index (κ3) is 1.36. The summed E-state index contributed by atoms with van der Waals surface area (Å²) in [6.45, 7) is 8.48. The Kier molecular flexibility index (Phi) is 2.52. The van der Waals surface area contributed by atoms with Gasteiger partial charge >= 0.3 is 0 Å². The maximum absolute atomic E-state index is 11.6. The van der Waals surface area contributed by atoms with Crippen molar-refractivity contribution in [1.82, 2.24) is 10.2 Å². The van der Waals surface area contributed by atoms with Crippen molar-refractivity contribution in [2.45, 2.75) is 31.7 Å². The SMILES string of the molecule is CC(C)C1(C)NCCN2C(=O)CSC21. The van der Waals surface area contributed by atoms with Gasteiger partial charge < -0.3 is 10.2 Å². The van der Waals surface area contributed by atoms with Gasteiger partial charge in [0.2, 0.25) is 5.91 Å². The number of piperazine rings is 1. The van der Waals surface area contributed by atoms with Gasteiger partial charge in [0, 0.05) is 18.6 Å². The van der Waals surface area contributed by atoms with Gasteiger partial charge in [0.05, 0.1) is 11.1 Å². The Morgan fingerprint density at radius 3 is 3.00 bits per heavy atom. The fourth-order valence-electron chi connectivity index (χ4n) is 2.21. The van der Waals surface area contributed by atoms with Gasteiger partial charge in [-0.15, -0.1) is 11.8 Å². The molecule has 1 N–H and O–H groups in total. The lowest BCUT2D eigenvalue weighted by atomic mass is 9.86. The number of fused-ring (bicyclic) bond motifs is 1. The Bertz CT molecular complexity index is 257. The molecule has 0 aromatic rings. The van der Waals surface area contributed by atoms with E-state index in [1.165, 1.54) is 0 Å². The summed E-state index contributed by atoms with van der Waals surface area (Å²) >= 11 is 1.78. The van der Waals surface area contributed by atoms with Crippen molar-refractivity contribution in [3.63, 3.8) is 0 Å². The molecule has 3 nitrogen and oxygen atoms in total. The molecular weight excluding hydrogens is 196 g/mol. The Labute approximate surface area is 89.6 Å². The molecule has 0 bridgehead atoms. The average Bonchev–Trinajstić information content (AvgIpc) is 2.50. The number of carbonyl (C=O) groups is 1. The minimum atomic E-state index is 0.0784. The number of nitrogens with one attached hydrogen (secondary N) is 1. The van der Waals surface area contributed by atoms with E-state index < -0.39 is 0 Å². The van der Waals surface area contributed by atoms with Crippen LogP contribution in [0.1, 0.15) is 20.8 Å². The third-order valence-electron chi connectivity index (χ3n) is 3.54. The molecule has 0 spiro atoms. The van der Waals surface area contributed by atoms with Crippen LogP contribution in [0.2, 0.25) is 0 Å². The number of hydrogen-bond donors (Lipinski definition) is 1. The predicted octanol–water partition coefficient (Wildman–Crippen LogP) is 0.906. The van der Waals surface area contributed by atoms with E-state index in [-0.39, 0.29) is 5.54 Å². The highest BCUT2D eigenvalue weighted by Gasteiger charge is 2.48. The first-order valence-electron chi connectivity index (χ1n) is 5.22. The van der Waals surface area contributed by atoms with Crippen LogP contribution < -0.4 is 5.32 Å². The molecule has 2 rings (SSSR count). The van der Waals surface area contributed by atoms with Crippen LogP contribution in [-0.4, -0.2) is 40.6 Å². The molecule has 0 aromatic carbocycles. The largest absolute Gasteiger partial charge is 0.327 e. The van der Waals surface area contributed by atoms with E-state index >= 15 is 0 Å². The molecule has 0 radical (unpaired) electrons. The minimum Gasteiger partial charge on any atom is -0.327 e. The summed E-state index contributed by atoms with van der Waals surface area (Å²) in [6.07, 6.45) is 0. The molecule has 2 aliphatic rings. The summed E-state index contributed by atoms with van der Waals surface area (Å²) in [5, 5.41) is 3.91. The second-order valence-corrected chi connectivity index (χ2v) is 5.68. The maximum Gasteiger partial charge on any atom is 0.233 e. The highest BCUT2D eigenvalue weighted by Crippen LogP contribution is 2.38. The van der Waals surface area contributed by atoms with Gasteiger partial charge in [-0.3, -0.25) is 4.79 Å². The van der Waals surface area contributed by atoms with E-state index in [1.807, 2.05) is 4.90 Å². The van der Waals surface area contributed by atoms with Crippen LogP contribution in [0.4, 0.5) is 0 Å². The van der Waals surface area contributed by atoms with Crippen LogP contribution in [0.25, 0.3) is 0 Å². The maximum atomic E-state index is 11.6. The van der Waals surface area contributed by atoms with Crippen LogP contribution in [0, 0.1) is 5.92 Å². The van der Waals surface area contributed by atoms with Gasteiger partial charge in [-0.25, -0.2) is 0 Å². The van der Waals surface area contributed by atoms with E-state index in [4.69, 9.17) is 0 Å². The zero-order valence-electron chi connectivity index (χ0n) is 9.04. The molecule has 4 heteroatoms. The average molecular weight is 214 g/mol. The fourth-order valence-corrected chi connectivity index (χ4v) is 3.79. The number of carbonyl (C=O) groups excluding carboxylic acids is 1. The zero-order valence-corrected chi connectivity index (χ0v) is 9.86. The fraction of sp³-hybridized carbons (Fsp3) is 0.900. The van der Waals surface area contributed by atoms with Crippen LogP contribution in [-0.2, 0) is 4.79 Å². The Hall–Kier alpha value is -0.220. The molecule has 0 saturated carbocycles. The van der Waals surface area contributed by atoms with E-state index in [2.05, 4.69) is 26.1 Å². The van der Waals surface area contributed by atoms with Crippen LogP contribution >= 0.6 is 11.8 Å². The molecule has 0 aliphatic carbocycles. The summed E-state index contributed by atoms with van der Waals surface area (Å²) in [4.78, 5) is 13.6. The van der Waals surface area contributed by atoms with Crippen molar-refractivity contribution < 1.29 is 4.79 Å². The lowest BCUT2D eigenvalue weighted by molar-refractivity contribution is -0.130. The second-order valence-electron chi connectivity index (χ2n) is 4.61. The van der Waals surface area contributed by atoms with Crippen LogP contribution in [0.5, 0.6) is 0 Å². The van der Waals surface area contributed by atoms with E-state index in [1.54, 1.807) is 11.8 Å². The number of hydrogen-bond acceptors (Lipinski definition) is 3. The van der Waals surface area contributed by atoms with Gasteiger partial charge in [-0.05, 0) is 12.8 Å². The van der Waals surface area contributed by atoms with Gasteiger partial charge in [0.1, 0.15) is 0 Å². The first kappa shape index (κ1) is 10.3. The van der Waals surface area contributed by atoms with Gasteiger partial charge in [0.25, 0.3) is 0 Å². The molecule has 80 valence electrons.